The highest BCUT2D eigenvalue weighted by Gasteiger charge is 2.30. The fraction of sp³-hybridized carbons (Fsp3) is 0.368. The Morgan fingerprint density at radius 3 is 2.34 bits per heavy atom. The number of aromatic nitrogens is 1. The van der Waals surface area contributed by atoms with E-state index in [1.165, 1.54) is 11.9 Å². The van der Waals surface area contributed by atoms with Gasteiger partial charge < -0.3 is 25.6 Å². The number of carbonyl (C=O) groups excluding carboxylic acids is 3. The molecule has 29 heavy (non-hydrogen) atoms. The molecule has 0 aliphatic heterocycles. The monoisotopic (exact) mass is 419 g/mol. The van der Waals surface area contributed by atoms with Gasteiger partial charge in [0.15, 0.2) is 5.13 Å². The molecular weight excluding hydrogens is 394 g/mol. The molecular formula is C19H25N5O4S. The Hall–Kier alpha value is -3.14. The van der Waals surface area contributed by atoms with Crippen LogP contribution >= 0.6 is 11.3 Å². The van der Waals surface area contributed by atoms with Gasteiger partial charge in [-0.1, -0.05) is 13.8 Å². The summed E-state index contributed by atoms with van der Waals surface area (Å²) in [5.41, 5.74) is 0.806. The van der Waals surface area contributed by atoms with Crippen LogP contribution in [0, 0.1) is 5.92 Å². The van der Waals surface area contributed by atoms with E-state index in [0.29, 0.717) is 16.6 Å². The third-order valence-corrected chi connectivity index (χ3v) is 4.93. The summed E-state index contributed by atoms with van der Waals surface area (Å²) in [5, 5.41) is 9.77. The first kappa shape index (κ1) is 22.2. The molecule has 0 saturated heterocycles. The molecule has 0 saturated carbocycles. The minimum atomic E-state index is -0.736. The zero-order chi connectivity index (χ0) is 21.6. The number of carbonyl (C=O) groups is 3. The summed E-state index contributed by atoms with van der Waals surface area (Å²) < 4.78 is 5.10. The van der Waals surface area contributed by atoms with Crippen LogP contribution in [0.2, 0.25) is 0 Å². The van der Waals surface area contributed by atoms with E-state index in [4.69, 9.17) is 4.74 Å². The lowest BCUT2D eigenvalue weighted by molar-refractivity contribution is -0.121. The fourth-order valence-electron chi connectivity index (χ4n) is 2.68. The van der Waals surface area contributed by atoms with Gasteiger partial charge in [-0.05, 0) is 30.2 Å². The number of thiazole rings is 1. The second-order valence-corrected chi connectivity index (χ2v) is 7.42. The van der Waals surface area contributed by atoms with Crippen LogP contribution in [0.25, 0.3) is 0 Å². The summed E-state index contributed by atoms with van der Waals surface area (Å²) >= 11 is 1.14. The molecule has 0 aliphatic rings. The predicted octanol–water partition coefficient (Wildman–Crippen LogP) is 2.64. The molecule has 9 nitrogen and oxygen atoms in total. The maximum absolute atomic E-state index is 12.8. The predicted molar refractivity (Wildman–Crippen MR) is 113 cm³/mol. The number of methoxy groups -OCH3 is 1. The van der Waals surface area contributed by atoms with Crippen LogP contribution in [0.1, 0.15) is 24.3 Å². The van der Waals surface area contributed by atoms with E-state index in [0.717, 1.165) is 11.3 Å². The van der Waals surface area contributed by atoms with Crippen molar-refractivity contribution in [2.45, 2.75) is 19.9 Å². The molecule has 156 valence electrons. The average Bonchev–Trinajstić information content (AvgIpc) is 3.16. The quantitative estimate of drug-likeness (QED) is 0.639. The molecule has 0 spiro atoms. The van der Waals surface area contributed by atoms with E-state index in [9.17, 15) is 14.4 Å². The van der Waals surface area contributed by atoms with Gasteiger partial charge in [0.25, 0.3) is 5.91 Å². The number of benzene rings is 1. The molecule has 0 unspecified atom stereocenters. The van der Waals surface area contributed by atoms with Crippen LogP contribution in [0.5, 0.6) is 5.75 Å². The molecule has 0 aliphatic carbocycles. The fourth-order valence-corrected chi connectivity index (χ4v) is 3.37. The minimum absolute atomic E-state index is 0.153. The molecule has 4 amide bonds. The topological polar surface area (TPSA) is 113 Å². The Kier molecular flexibility index (Phi) is 7.54. The van der Waals surface area contributed by atoms with Gasteiger partial charge in [-0.25, -0.2) is 9.78 Å². The Morgan fingerprint density at radius 2 is 1.79 bits per heavy atom. The first-order chi connectivity index (χ1) is 13.8. The molecule has 0 fully saturated rings. The van der Waals surface area contributed by atoms with E-state index in [1.54, 1.807) is 43.8 Å². The minimum Gasteiger partial charge on any atom is -0.497 e. The van der Waals surface area contributed by atoms with Gasteiger partial charge in [-0.3, -0.25) is 9.59 Å². The summed E-state index contributed by atoms with van der Waals surface area (Å²) in [6.07, 6.45) is 0. The second-order valence-electron chi connectivity index (χ2n) is 6.56. The number of amides is 4. The van der Waals surface area contributed by atoms with Crippen molar-refractivity contribution in [3.8, 4) is 5.75 Å². The van der Waals surface area contributed by atoms with Gasteiger partial charge in [0.1, 0.15) is 17.5 Å². The van der Waals surface area contributed by atoms with Gasteiger partial charge >= 0.3 is 6.03 Å². The first-order valence-electron chi connectivity index (χ1n) is 8.93. The van der Waals surface area contributed by atoms with Gasteiger partial charge in [-0.15, -0.1) is 11.3 Å². The van der Waals surface area contributed by atoms with Crippen molar-refractivity contribution in [2.24, 2.45) is 5.92 Å². The number of anilines is 2. The van der Waals surface area contributed by atoms with Crippen LogP contribution in [-0.2, 0) is 4.79 Å². The number of likely N-dealkylation sites (N-methyl/N-ethyl adjacent to an activating group) is 1. The largest absolute Gasteiger partial charge is 0.497 e. The van der Waals surface area contributed by atoms with Crippen molar-refractivity contribution >= 4 is 40.0 Å². The van der Waals surface area contributed by atoms with Gasteiger partial charge in [0.2, 0.25) is 5.91 Å². The lowest BCUT2D eigenvalue weighted by atomic mass is 10.0. The van der Waals surface area contributed by atoms with Crippen LogP contribution < -0.4 is 20.7 Å². The molecule has 1 aromatic heterocycles. The Morgan fingerprint density at radius 1 is 1.14 bits per heavy atom. The number of nitrogens with one attached hydrogen (secondary N) is 3. The number of hydrogen-bond donors (Lipinski definition) is 3. The van der Waals surface area contributed by atoms with Crippen LogP contribution in [-0.4, -0.2) is 55.0 Å². The maximum Gasteiger partial charge on any atom is 0.322 e. The summed E-state index contributed by atoms with van der Waals surface area (Å²) in [4.78, 5) is 42.5. The zero-order valence-electron chi connectivity index (χ0n) is 17.0. The zero-order valence-corrected chi connectivity index (χ0v) is 17.8. The van der Waals surface area contributed by atoms with Gasteiger partial charge in [0, 0.05) is 25.2 Å². The summed E-state index contributed by atoms with van der Waals surface area (Å²) in [6.45, 7) is 3.69. The molecule has 1 aromatic carbocycles. The third-order valence-electron chi connectivity index (χ3n) is 4.17. The number of nitrogens with zero attached hydrogens (tertiary/aromatic N) is 2. The van der Waals surface area contributed by atoms with E-state index in [2.05, 4.69) is 20.9 Å². The highest BCUT2D eigenvalue weighted by atomic mass is 32.1. The van der Waals surface area contributed by atoms with Crippen molar-refractivity contribution in [1.29, 1.82) is 0 Å². The van der Waals surface area contributed by atoms with Crippen LogP contribution in [0.3, 0.4) is 0 Å². The number of urea groups is 1. The first-order valence-corrected chi connectivity index (χ1v) is 9.81. The van der Waals surface area contributed by atoms with Crippen molar-refractivity contribution < 1.29 is 19.1 Å². The Bertz CT molecular complexity index is 866. The molecule has 3 N–H and O–H groups in total. The van der Waals surface area contributed by atoms with Gasteiger partial charge in [-0.2, -0.15) is 0 Å². The van der Waals surface area contributed by atoms with Crippen molar-refractivity contribution in [2.75, 3.05) is 31.8 Å². The number of rotatable bonds is 7. The van der Waals surface area contributed by atoms with Crippen LogP contribution in [0.4, 0.5) is 15.6 Å². The van der Waals surface area contributed by atoms with Crippen molar-refractivity contribution in [3.05, 3.63) is 35.3 Å². The van der Waals surface area contributed by atoms with E-state index in [1.807, 2.05) is 13.8 Å². The maximum atomic E-state index is 12.8. The standard InChI is InChI=1S/C19H25N5O4S/c1-11(2)15(17(26)23-18-22-14(10-29-18)16(25)20-3)24(4)19(27)21-12-6-8-13(28-5)9-7-12/h6-11,15H,1-5H3,(H,20,25)(H,21,27)(H,22,23,26)/t15-/m0/s1. The molecule has 10 heteroatoms. The van der Waals surface area contributed by atoms with E-state index >= 15 is 0 Å². The average molecular weight is 420 g/mol. The van der Waals surface area contributed by atoms with E-state index in [-0.39, 0.29) is 23.4 Å². The summed E-state index contributed by atoms with van der Waals surface area (Å²) in [6, 6.07) is 5.73. The molecule has 0 bridgehead atoms. The SMILES string of the molecule is CNC(=O)c1csc(NC(=O)[C@H](C(C)C)N(C)C(=O)Nc2ccc(OC)cc2)n1. The molecule has 1 heterocycles. The smallest absolute Gasteiger partial charge is 0.322 e. The Labute approximate surface area is 173 Å². The molecule has 2 rings (SSSR count). The van der Waals surface area contributed by atoms with Crippen molar-refractivity contribution in [3.63, 3.8) is 0 Å². The third kappa shape index (κ3) is 5.67. The summed E-state index contributed by atoms with van der Waals surface area (Å²) in [7, 11) is 4.62. The lowest BCUT2D eigenvalue weighted by Gasteiger charge is -2.30. The van der Waals surface area contributed by atoms with E-state index < -0.39 is 12.1 Å². The summed E-state index contributed by atoms with van der Waals surface area (Å²) in [5.74, 6) is -0.196. The normalized spacial score (nSPS) is 11.5. The Balaban J connectivity index is 2.07. The van der Waals surface area contributed by atoms with Crippen LogP contribution in [0.15, 0.2) is 29.6 Å². The number of ether oxygens (including phenoxy) is 1. The second kappa shape index (κ2) is 9.87. The highest BCUT2D eigenvalue weighted by molar-refractivity contribution is 7.14. The molecule has 0 radical (unpaired) electrons. The number of hydrogen-bond acceptors (Lipinski definition) is 6. The molecule has 1 atom stereocenters. The lowest BCUT2D eigenvalue weighted by Crippen LogP contribution is -2.49. The van der Waals surface area contributed by atoms with Gasteiger partial charge in [0.05, 0.1) is 7.11 Å². The molecule has 2 aromatic rings. The highest BCUT2D eigenvalue weighted by Crippen LogP contribution is 2.20. The van der Waals surface area contributed by atoms with Crippen molar-refractivity contribution in [1.82, 2.24) is 15.2 Å².